The van der Waals surface area contributed by atoms with E-state index in [2.05, 4.69) is 25.9 Å². The minimum atomic E-state index is 0.593. The van der Waals surface area contributed by atoms with E-state index in [1.165, 1.54) is 0 Å². The fraction of sp³-hybridized carbons (Fsp3) is 0. The Labute approximate surface area is 127 Å². The Morgan fingerprint density at radius 3 is 2.74 bits per heavy atom. The van der Waals surface area contributed by atoms with Gasteiger partial charge in [-0.2, -0.15) is 0 Å². The van der Waals surface area contributed by atoms with Crippen molar-refractivity contribution in [2.24, 2.45) is 0 Å². The van der Waals surface area contributed by atoms with E-state index in [1.54, 1.807) is 24.3 Å². The lowest BCUT2D eigenvalue weighted by molar-refractivity contribution is 1.33. The van der Waals surface area contributed by atoms with Crippen molar-refractivity contribution in [3.05, 3.63) is 44.8 Å². The van der Waals surface area contributed by atoms with Crippen LogP contribution in [0.1, 0.15) is 0 Å². The average Bonchev–Trinajstić information content (AvgIpc) is 2.76. The second-order valence-electron chi connectivity index (χ2n) is 4.11. The molecule has 0 saturated carbocycles. The molecule has 0 spiro atoms. The van der Waals surface area contributed by atoms with Crippen LogP contribution in [0.25, 0.3) is 22.4 Å². The van der Waals surface area contributed by atoms with Crippen molar-refractivity contribution in [2.45, 2.75) is 0 Å². The molecule has 0 amide bonds. The Bertz CT molecular complexity index is 783. The largest absolute Gasteiger partial charge is 0.399 e. The summed E-state index contributed by atoms with van der Waals surface area (Å²) in [4.78, 5) is 7.72. The number of rotatable bonds is 1. The van der Waals surface area contributed by atoms with E-state index >= 15 is 0 Å². The average molecular weight is 357 g/mol. The number of hydrogen-bond acceptors (Lipinski definition) is 2. The van der Waals surface area contributed by atoms with Crippen LogP contribution >= 0.6 is 39.1 Å². The third-order valence-corrected chi connectivity index (χ3v) is 3.90. The molecule has 0 aliphatic carbocycles. The van der Waals surface area contributed by atoms with Gasteiger partial charge in [0, 0.05) is 20.7 Å². The maximum absolute atomic E-state index is 6.18. The number of nitrogens with one attached hydrogen (secondary N) is 1. The Hall–Kier alpha value is -1.23. The molecular formula is C13H8BrCl2N3. The number of aromatic amines is 1. The smallest absolute Gasteiger partial charge is 0.140 e. The van der Waals surface area contributed by atoms with Crippen LogP contribution in [0.4, 0.5) is 5.69 Å². The highest BCUT2D eigenvalue weighted by molar-refractivity contribution is 9.10. The van der Waals surface area contributed by atoms with Crippen LogP contribution in [0.15, 0.2) is 34.8 Å². The third-order valence-electron chi connectivity index (χ3n) is 2.75. The van der Waals surface area contributed by atoms with E-state index in [-0.39, 0.29) is 0 Å². The van der Waals surface area contributed by atoms with Gasteiger partial charge in [0.25, 0.3) is 0 Å². The minimum absolute atomic E-state index is 0.593. The number of nitrogen functional groups attached to an aromatic ring is 1. The molecule has 0 aliphatic rings. The summed E-state index contributed by atoms with van der Waals surface area (Å²) in [7, 11) is 0. The number of nitrogens with two attached hydrogens (primary N) is 1. The molecule has 3 rings (SSSR count). The molecule has 0 unspecified atom stereocenters. The predicted octanol–water partition coefficient (Wildman–Crippen LogP) is 4.88. The highest BCUT2D eigenvalue weighted by Gasteiger charge is 2.12. The summed E-state index contributed by atoms with van der Waals surface area (Å²) in [5, 5.41) is 1.23. The maximum atomic E-state index is 6.18. The van der Waals surface area contributed by atoms with Gasteiger partial charge in [0.2, 0.25) is 0 Å². The van der Waals surface area contributed by atoms with Crippen LogP contribution in [0.3, 0.4) is 0 Å². The van der Waals surface area contributed by atoms with Gasteiger partial charge in [-0.25, -0.2) is 4.98 Å². The number of halogens is 3. The first kappa shape index (κ1) is 12.8. The standard InChI is InChI=1S/C13H8BrCl2N3/c14-9-3-6(15)4-11-12(9)19-13(18-11)8-5-7(17)1-2-10(8)16/h1-5H,17H2,(H,18,19). The van der Waals surface area contributed by atoms with Crippen LogP contribution in [-0.2, 0) is 0 Å². The number of imidazole rings is 1. The summed E-state index contributed by atoms with van der Waals surface area (Å²) in [5.41, 5.74) is 8.83. The number of benzene rings is 2. The molecule has 3 N–H and O–H groups in total. The van der Waals surface area contributed by atoms with Crippen molar-refractivity contribution >= 4 is 55.9 Å². The number of H-pyrrole nitrogens is 1. The predicted molar refractivity (Wildman–Crippen MR) is 83.7 cm³/mol. The SMILES string of the molecule is Nc1ccc(Cl)c(-c2nc3c(Br)cc(Cl)cc3[nH]2)c1. The summed E-state index contributed by atoms with van der Waals surface area (Å²) in [6, 6.07) is 8.91. The molecular weight excluding hydrogens is 349 g/mol. The van der Waals surface area contributed by atoms with Crippen LogP contribution in [-0.4, -0.2) is 9.97 Å². The van der Waals surface area contributed by atoms with Crippen molar-refractivity contribution in [3.8, 4) is 11.4 Å². The number of anilines is 1. The van der Waals surface area contributed by atoms with Gasteiger partial charge in [0.05, 0.1) is 10.5 Å². The zero-order chi connectivity index (χ0) is 13.6. The fourth-order valence-electron chi connectivity index (χ4n) is 1.89. The summed E-state index contributed by atoms with van der Waals surface area (Å²) in [6.45, 7) is 0. The molecule has 3 nitrogen and oxygen atoms in total. The van der Waals surface area contributed by atoms with Gasteiger partial charge in [-0.15, -0.1) is 0 Å². The molecule has 0 radical (unpaired) electrons. The molecule has 0 fully saturated rings. The molecule has 0 aliphatic heterocycles. The van der Waals surface area contributed by atoms with Crippen molar-refractivity contribution in [2.75, 3.05) is 5.73 Å². The molecule has 19 heavy (non-hydrogen) atoms. The van der Waals surface area contributed by atoms with E-state index in [0.717, 1.165) is 21.1 Å². The Balaban J connectivity index is 2.26. The van der Waals surface area contributed by atoms with Crippen LogP contribution < -0.4 is 5.73 Å². The first-order valence-corrected chi connectivity index (χ1v) is 6.99. The van der Waals surface area contributed by atoms with Crippen molar-refractivity contribution in [1.29, 1.82) is 0 Å². The van der Waals surface area contributed by atoms with Gasteiger partial charge in [-0.05, 0) is 46.3 Å². The molecule has 2 aromatic carbocycles. The van der Waals surface area contributed by atoms with E-state index in [1.807, 2.05) is 6.07 Å². The van der Waals surface area contributed by atoms with E-state index < -0.39 is 0 Å². The van der Waals surface area contributed by atoms with Crippen LogP contribution in [0.5, 0.6) is 0 Å². The first-order valence-electron chi connectivity index (χ1n) is 5.45. The molecule has 0 atom stereocenters. The van der Waals surface area contributed by atoms with Crippen LogP contribution in [0, 0.1) is 0 Å². The Kier molecular flexibility index (Phi) is 3.17. The van der Waals surface area contributed by atoms with E-state index in [4.69, 9.17) is 28.9 Å². The highest BCUT2D eigenvalue weighted by Crippen LogP contribution is 2.32. The van der Waals surface area contributed by atoms with Crippen LogP contribution in [0.2, 0.25) is 10.0 Å². The monoisotopic (exact) mass is 355 g/mol. The van der Waals surface area contributed by atoms with Crippen molar-refractivity contribution in [3.63, 3.8) is 0 Å². The second kappa shape index (κ2) is 4.71. The number of aromatic nitrogens is 2. The van der Waals surface area contributed by atoms with Gasteiger partial charge in [-0.3, -0.25) is 0 Å². The van der Waals surface area contributed by atoms with Gasteiger partial charge < -0.3 is 10.7 Å². The topological polar surface area (TPSA) is 54.7 Å². The third kappa shape index (κ3) is 2.31. The van der Waals surface area contributed by atoms with E-state index in [9.17, 15) is 0 Å². The summed E-state index contributed by atoms with van der Waals surface area (Å²) >= 11 is 15.6. The van der Waals surface area contributed by atoms with Crippen molar-refractivity contribution in [1.82, 2.24) is 9.97 Å². The van der Waals surface area contributed by atoms with E-state index in [0.29, 0.717) is 21.6 Å². The normalized spacial score (nSPS) is 11.1. The highest BCUT2D eigenvalue weighted by atomic mass is 79.9. The molecule has 1 heterocycles. The second-order valence-corrected chi connectivity index (χ2v) is 5.81. The summed E-state index contributed by atoms with van der Waals surface area (Å²) in [5.74, 6) is 0.662. The Morgan fingerprint density at radius 2 is 1.95 bits per heavy atom. The van der Waals surface area contributed by atoms with Gasteiger partial charge in [0.1, 0.15) is 11.3 Å². The zero-order valence-electron chi connectivity index (χ0n) is 9.55. The number of hydrogen-bond donors (Lipinski definition) is 2. The number of nitrogens with zero attached hydrogens (tertiary/aromatic N) is 1. The molecule has 6 heteroatoms. The first-order chi connectivity index (χ1) is 9.04. The molecule has 3 aromatic rings. The lowest BCUT2D eigenvalue weighted by atomic mass is 10.2. The van der Waals surface area contributed by atoms with Crippen molar-refractivity contribution < 1.29 is 0 Å². The van der Waals surface area contributed by atoms with Gasteiger partial charge >= 0.3 is 0 Å². The molecule has 1 aromatic heterocycles. The lowest BCUT2D eigenvalue weighted by Gasteiger charge is -2.01. The summed E-state index contributed by atoms with van der Waals surface area (Å²) < 4.78 is 0.831. The quantitative estimate of drug-likeness (QED) is 0.610. The lowest BCUT2D eigenvalue weighted by Crippen LogP contribution is -1.87. The Morgan fingerprint density at radius 1 is 1.16 bits per heavy atom. The van der Waals surface area contributed by atoms with Gasteiger partial charge in [0.15, 0.2) is 0 Å². The van der Waals surface area contributed by atoms with Gasteiger partial charge in [-0.1, -0.05) is 23.2 Å². The number of fused-ring (bicyclic) bond motifs is 1. The fourth-order valence-corrected chi connectivity index (χ4v) is 3.00. The zero-order valence-corrected chi connectivity index (χ0v) is 12.6. The molecule has 96 valence electrons. The molecule has 0 bridgehead atoms. The maximum Gasteiger partial charge on any atom is 0.140 e. The molecule has 0 saturated heterocycles. The minimum Gasteiger partial charge on any atom is -0.399 e. The summed E-state index contributed by atoms with van der Waals surface area (Å²) in [6.07, 6.45) is 0.